The number of nitrogens with one attached hydrogen (secondary N) is 2. The second kappa shape index (κ2) is 19.5. The molecule has 0 bridgehead atoms. The van der Waals surface area contributed by atoms with Crippen LogP contribution in [0.4, 0.5) is 5.69 Å². The number of aromatic nitrogens is 1. The number of carboxylic acid groups (broad SMARTS) is 1. The van der Waals surface area contributed by atoms with Crippen LogP contribution in [0, 0.1) is 11.8 Å². The van der Waals surface area contributed by atoms with Gasteiger partial charge < -0.3 is 20.1 Å². The Hall–Kier alpha value is -4.30. The van der Waals surface area contributed by atoms with Crippen molar-refractivity contribution in [2.24, 2.45) is 11.8 Å². The first-order valence-corrected chi connectivity index (χ1v) is 19.1. The van der Waals surface area contributed by atoms with Crippen LogP contribution in [0.5, 0.6) is 0 Å². The monoisotopic (exact) mass is 737 g/mol. The molecule has 1 aliphatic carbocycles. The van der Waals surface area contributed by atoms with Gasteiger partial charge in [0.1, 0.15) is 12.1 Å². The fraction of sp³-hybridized carbons (Fsp3) is 0.553. The third-order valence-electron chi connectivity index (χ3n) is 9.18. The number of ketones is 1. The fourth-order valence-electron chi connectivity index (χ4n) is 6.61. The van der Waals surface area contributed by atoms with Gasteiger partial charge in [-0.25, -0.2) is 15.0 Å². The van der Waals surface area contributed by atoms with Crippen LogP contribution < -0.4 is 15.6 Å². The lowest BCUT2D eigenvalue weighted by Crippen LogP contribution is -2.62. The third-order valence-corrected chi connectivity index (χ3v) is 10.2. The largest absolute Gasteiger partial charge is 0.480 e. The topological polar surface area (TPSA) is 175 Å². The summed E-state index contributed by atoms with van der Waals surface area (Å²) in [6.45, 7) is 6.90. The number of thioether (sulfide) groups is 1. The molecule has 3 N–H and O–H groups in total. The van der Waals surface area contributed by atoms with E-state index in [2.05, 4.69) is 15.7 Å². The molecule has 1 saturated carbocycles. The van der Waals surface area contributed by atoms with Gasteiger partial charge in [0.05, 0.1) is 29.8 Å². The van der Waals surface area contributed by atoms with Crippen molar-refractivity contribution >= 4 is 52.9 Å². The van der Waals surface area contributed by atoms with E-state index in [-0.39, 0.29) is 55.7 Å². The molecule has 1 aromatic carbocycles. The zero-order valence-corrected chi connectivity index (χ0v) is 31.2. The van der Waals surface area contributed by atoms with Gasteiger partial charge in [-0.05, 0) is 50.2 Å². The van der Waals surface area contributed by atoms with Gasteiger partial charge in [0.2, 0.25) is 17.7 Å². The van der Waals surface area contributed by atoms with E-state index in [1.54, 1.807) is 56.6 Å². The molecule has 3 atom stereocenters. The first-order valence-electron chi connectivity index (χ1n) is 18.1. The molecule has 0 saturated heterocycles. The quantitative estimate of drug-likeness (QED) is 0.113. The number of anilines is 1. The maximum Gasteiger partial charge on any atom is 0.376 e. The number of hydrogen-bond donors (Lipinski definition) is 3. The third kappa shape index (κ3) is 11.6. The lowest BCUT2D eigenvalue weighted by Gasteiger charge is -2.37. The number of hydrazine groups is 1. The molecule has 4 rings (SSSR count). The Morgan fingerprint density at radius 2 is 1.73 bits per heavy atom. The van der Waals surface area contributed by atoms with Crippen LogP contribution in [-0.4, -0.2) is 87.1 Å². The van der Waals surface area contributed by atoms with Crippen molar-refractivity contribution in [3.05, 3.63) is 54.4 Å². The molecule has 14 heteroatoms. The summed E-state index contributed by atoms with van der Waals surface area (Å²) >= 11 is 1.38. The van der Waals surface area contributed by atoms with Crippen molar-refractivity contribution in [1.29, 1.82) is 0 Å². The highest BCUT2D eigenvalue weighted by molar-refractivity contribution is 8.00. The lowest BCUT2D eigenvalue weighted by atomic mass is 9.84. The smallest absolute Gasteiger partial charge is 0.376 e. The number of ether oxygens (including phenoxy) is 1. The fourth-order valence-corrected chi connectivity index (χ4v) is 7.52. The molecule has 282 valence electrons. The van der Waals surface area contributed by atoms with Gasteiger partial charge in [-0.15, -0.1) is 11.8 Å². The Bertz CT molecular complexity index is 1570. The molecule has 1 fully saturated rings. The summed E-state index contributed by atoms with van der Waals surface area (Å²) in [5.74, 6) is -4.53. The molecule has 1 unspecified atom stereocenters. The van der Waals surface area contributed by atoms with Crippen molar-refractivity contribution in [3.8, 4) is 0 Å². The zero-order chi connectivity index (χ0) is 37.8. The minimum absolute atomic E-state index is 0.0355. The van der Waals surface area contributed by atoms with E-state index in [0.717, 1.165) is 42.0 Å². The van der Waals surface area contributed by atoms with E-state index in [1.165, 1.54) is 16.7 Å². The average molecular weight is 738 g/mol. The van der Waals surface area contributed by atoms with Crippen LogP contribution in [0.1, 0.15) is 84.6 Å². The number of pyridine rings is 1. The minimum atomic E-state index is -1.34. The van der Waals surface area contributed by atoms with Gasteiger partial charge in [0.15, 0.2) is 0 Å². The predicted octanol–water partition coefficient (Wildman–Crippen LogP) is 4.33. The van der Waals surface area contributed by atoms with Crippen LogP contribution >= 0.6 is 11.8 Å². The summed E-state index contributed by atoms with van der Waals surface area (Å²) in [4.78, 5) is 87.5. The number of esters is 1. The standard InChI is InChI=1S/C38H51N5O8S/c1-24(2)19-29(37(48)49)40-36(47)30(21-27-13-9-6-10-14-27)43(33(44)16-18-42-31-22-39-17-15-32(31)52-23-34(42)45)41-28(20-26-11-7-5-8-12-26)35(46)38(50)51-25(3)4/h6,9-10,13-15,17,22,24-26,28-30,41H,5,7-8,11-12,16,18-21,23H2,1-4H3,(H,40,47)(H,48,49)/t28?,29-,30-/m0/s1. The number of carboxylic acids is 1. The molecule has 0 radical (unpaired) electrons. The summed E-state index contributed by atoms with van der Waals surface area (Å²) in [6, 6.07) is 6.94. The number of carbonyl (C=O) groups excluding carboxylic acids is 5. The van der Waals surface area contributed by atoms with Crippen molar-refractivity contribution in [2.45, 2.75) is 115 Å². The van der Waals surface area contributed by atoms with Gasteiger partial charge >= 0.3 is 11.9 Å². The second-order valence-electron chi connectivity index (χ2n) is 14.2. The van der Waals surface area contributed by atoms with E-state index in [0.29, 0.717) is 11.3 Å². The van der Waals surface area contributed by atoms with Crippen molar-refractivity contribution in [2.75, 3.05) is 17.2 Å². The van der Waals surface area contributed by atoms with Crippen LogP contribution in [0.15, 0.2) is 53.7 Å². The zero-order valence-electron chi connectivity index (χ0n) is 30.4. The van der Waals surface area contributed by atoms with Crippen LogP contribution in [0.3, 0.4) is 0 Å². The maximum atomic E-state index is 14.5. The molecule has 1 aromatic heterocycles. The van der Waals surface area contributed by atoms with Crippen LogP contribution in [0.2, 0.25) is 0 Å². The molecule has 2 aromatic rings. The minimum Gasteiger partial charge on any atom is -0.480 e. The summed E-state index contributed by atoms with van der Waals surface area (Å²) in [5.41, 5.74) is 4.26. The number of benzene rings is 1. The lowest BCUT2D eigenvalue weighted by molar-refractivity contribution is -0.160. The van der Waals surface area contributed by atoms with Gasteiger partial charge in [0.25, 0.3) is 5.78 Å². The number of rotatable bonds is 18. The summed E-state index contributed by atoms with van der Waals surface area (Å²) < 4.78 is 5.29. The highest BCUT2D eigenvalue weighted by atomic mass is 32.2. The highest BCUT2D eigenvalue weighted by Crippen LogP contribution is 2.34. The number of Topliss-reactive ketones (excluding diaryl/α,β-unsaturated/α-hetero) is 1. The predicted molar refractivity (Wildman–Crippen MR) is 196 cm³/mol. The summed E-state index contributed by atoms with van der Waals surface area (Å²) in [7, 11) is 0. The Balaban J connectivity index is 1.74. The van der Waals surface area contributed by atoms with E-state index in [9.17, 15) is 33.9 Å². The van der Waals surface area contributed by atoms with Gasteiger partial charge in [-0.1, -0.05) is 76.3 Å². The number of nitrogens with zero attached hydrogens (tertiary/aromatic N) is 3. The number of fused-ring (bicyclic) bond motifs is 1. The molecular formula is C38H51N5O8S. The molecule has 1 aliphatic heterocycles. The van der Waals surface area contributed by atoms with Crippen molar-refractivity contribution in [3.63, 3.8) is 0 Å². The molecule has 2 aliphatic rings. The number of carbonyl (C=O) groups is 6. The molecule has 0 spiro atoms. The van der Waals surface area contributed by atoms with Crippen LogP contribution in [0.25, 0.3) is 0 Å². The SMILES string of the molecule is CC(C)C[C@H](NC(=O)[C@H](Cc1ccccc1)N(NC(CC1CCCCC1)C(=O)C(=O)OC(C)C)C(=O)CCN1C(=O)CSc2ccncc21)C(=O)O. The normalized spacial score (nSPS) is 16.5. The Labute approximate surface area is 309 Å². The number of aliphatic carboxylic acids is 1. The van der Waals surface area contributed by atoms with E-state index < -0.39 is 53.8 Å². The highest BCUT2D eigenvalue weighted by Gasteiger charge is 2.39. The number of amides is 3. The molecular weight excluding hydrogens is 687 g/mol. The average Bonchev–Trinajstić information content (AvgIpc) is 3.11. The summed E-state index contributed by atoms with van der Waals surface area (Å²) in [5, 5.41) is 13.7. The Morgan fingerprint density at radius 3 is 2.38 bits per heavy atom. The maximum absolute atomic E-state index is 14.5. The van der Waals surface area contributed by atoms with Gasteiger partial charge in [-0.3, -0.25) is 29.2 Å². The van der Waals surface area contributed by atoms with E-state index in [4.69, 9.17) is 4.74 Å². The molecule has 52 heavy (non-hydrogen) atoms. The first kappa shape index (κ1) is 40.5. The van der Waals surface area contributed by atoms with Gasteiger partial charge in [0, 0.05) is 30.5 Å². The molecule has 13 nitrogen and oxygen atoms in total. The molecule has 2 heterocycles. The van der Waals surface area contributed by atoms with Crippen molar-refractivity contribution in [1.82, 2.24) is 20.7 Å². The van der Waals surface area contributed by atoms with Gasteiger partial charge in [-0.2, -0.15) is 0 Å². The Kier molecular flexibility index (Phi) is 15.2. The summed E-state index contributed by atoms with van der Waals surface area (Å²) in [6.07, 6.45) is 7.37. The Morgan fingerprint density at radius 1 is 1.02 bits per heavy atom. The van der Waals surface area contributed by atoms with E-state index >= 15 is 0 Å². The van der Waals surface area contributed by atoms with Crippen molar-refractivity contribution < 1.29 is 38.6 Å². The molecule has 3 amide bonds. The second-order valence-corrected chi connectivity index (χ2v) is 15.2. The van der Waals surface area contributed by atoms with E-state index in [1.807, 2.05) is 19.9 Å². The first-order chi connectivity index (χ1) is 24.8. The number of hydrogen-bond acceptors (Lipinski definition) is 10. The van der Waals surface area contributed by atoms with Crippen LogP contribution in [-0.2, 0) is 39.9 Å².